The standard InChI is InChI=1S/C29H33ClFN5O2/c1-3-20-26(22-6-4-5-7-32-22)27(20)28(37)34-25-14-18-13-23(21(30)12-19(18)15-33-25)35-8-10-36(11-9-35)29(2)17-38-16-24(29)31/h4-7,12-15,20,24,26-27H,3,8-11,16-17H2,1-2H3,(H,33,34,37)/t20-,24+,26+,27-,29-/m1/s1. The average molecular weight is 538 g/mol. The Morgan fingerprint density at radius 1 is 1.18 bits per heavy atom. The highest BCUT2D eigenvalue weighted by atomic mass is 35.5. The molecule has 2 aromatic heterocycles. The maximum Gasteiger partial charge on any atom is 0.229 e. The minimum Gasteiger partial charge on any atom is -0.376 e. The summed E-state index contributed by atoms with van der Waals surface area (Å²) in [5.41, 5.74) is 1.35. The normalized spacial score (nSPS) is 29.5. The van der Waals surface area contributed by atoms with Gasteiger partial charge in [-0.2, -0.15) is 0 Å². The Morgan fingerprint density at radius 3 is 2.68 bits per heavy atom. The summed E-state index contributed by atoms with van der Waals surface area (Å²) in [6, 6.07) is 11.8. The molecule has 200 valence electrons. The van der Waals surface area contributed by atoms with E-state index >= 15 is 0 Å². The second-order valence-corrected chi connectivity index (χ2v) is 11.3. The molecule has 5 atom stereocenters. The number of fused-ring (bicyclic) bond motifs is 1. The van der Waals surface area contributed by atoms with Crippen LogP contribution in [0.5, 0.6) is 0 Å². The zero-order valence-corrected chi connectivity index (χ0v) is 22.5. The molecule has 9 heteroatoms. The van der Waals surface area contributed by atoms with Crippen LogP contribution in [0.3, 0.4) is 0 Å². The first kappa shape index (κ1) is 25.5. The zero-order valence-electron chi connectivity index (χ0n) is 21.7. The average Bonchev–Trinajstić information content (AvgIpc) is 3.58. The van der Waals surface area contributed by atoms with Gasteiger partial charge in [0.1, 0.15) is 12.0 Å². The number of rotatable bonds is 6. The third-order valence-electron chi connectivity index (χ3n) is 8.69. The van der Waals surface area contributed by atoms with Gasteiger partial charge in [-0.25, -0.2) is 9.37 Å². The molecule has 1 aromatic carbocycles. The van der Waals surface area contributed by atoms with Gasteiger partial charge in [-0.15, -0.1) is 0 Å². The van der Waals surface area contributed by atoms with E-state index in [2.05, 4.69) is 38.1 Å². The fraction of sp³-hybridized carbons (Fsp3) is 0.483. The van der Waals surface area contributed by atoms with E-state index in [-0.39, 0.29) is 24.3 Å². The molecule has 38 heavy (non-hydrogen) atoms. The summed E-state index contributed by atoms with van der Waals surface area (Å²) < 4.78 is 19.9. The number of alkyl halides is 1. The Kier molecular flexibility index (Phi) is 6.74. The molecule has 1 N–H and O–H groups in total. The predicted molar refractivity (Wildman–Crippen MR) is 148 cm³/mol. The quantitative estimate of drug-likeness (QED) is 0.482. The lowest BCUT2D eigenvalue weighted by atomic mass is 9.96. The van der Waals surface area contributed by atoms with Crippen LogP contribution in [0.2, 0.25) is 5.02 Å². The summed E-state index contributed by atoms with van der Waals surface area (Å²) in [4.78, 5) is 26.6. The number of pyridine rings is 2. The fourth-order valence-electron chi connectivity index (χ4n) is 6.28. The Labute approximate surface area is 227 Å². The van der Waals surface area contributed by atoms with Gasteiger partial charge >= 0.3 is 0 Å². The molecule has 3 aromatic rings. The van der Waals surface area contributed by atoms with Crippen LogP contribution >= 0.6 is 11.6 Å². The second-order valence-electron chi connectivity index (χ2n) is 10.9. The number of amides is 1. The number of ether oxygens (including phenoxy) is 1. The third kappa shape index (κ3) is 4.52. The van der Waals surface area contributed by atoms with E-state index in [1.165, 1.54) is 0 Å². The van der Waals surface area contributed by atoms with Crippen LogP contribution in [0.15, 0.2) is 48.8 Å². The van der Waals surface area contributed by atoms with Crippen molar-refractivity contribution in [3.8, 4) is 0 Å². The SMILES string of the molecule is CC[C@H]1[C@@H](C(=O)Nc2cc3cc(N4CCN([C@]5(C)COC[C@@H]5F)CC4)c(Cl)cc3cn2)[C@@H]1c1ccccn1. The van der Waals surface area contributed by atoms with E-state index < -0.39 is 11.7 Å². The Bertz CT molecular complexity index is 1340. The molecule has 0 radical (unpaired) electrons. The Morgan fingerprint density at radius 2 is 2.00 bits per heavy atom. The van der Waals surface area contributed by atoms with Crippen molar-refractivity contribution in [3.63, 3.8) is 0 Å². The molecule has 0 spiro atoms. The topological polar surface area (TPSA) is 70.6 Å². The van der Waals surface area contributed by atoms with Crippen LogP contribution in [0.25, 0.3) is 10.8 Å². The first-order chi connectivity index (χ1) is 18.4. The van der Waals surface area contributed by atoms with Gasteiger partial charge in [0.2, 0.25) is 5.91 Å². The number of piperazine rings is 1. The van der Waals surface area contributed by atoms with Crippen molar-refractivity contribution < 1.29 is 13.9 Å². The highest BCUT2D eigenvalue weighted by Crippen LogP contribution is 2.55. The lowest BCUT2D eigenvalue weighted by Gasteiger charge is -2.44. The molecule has 7 nitrogen and oxygen atoms in total. The van der Waals surface area contributed by atoms with Gasteiger partial charge < -0.3 is 15.0 Å². The van der Waals surface area contributed by atoms with Crippen molar-refractivity contribution in [2.45, 2.75) is 37.9 Å². The molecule has 2 aliphatic heterocycles. The number of carbonyl (C=O) groups is 1. The third-order valence-corrected chi connectivity index (χ3v) is 8.99. The molecule has 1 saturated carbocycles. The number of hydrogen-bond donors (Lipinski definition) is 1. The van der Waals surface area contributed by atoms with E-state index in [0.717, 1.165) is 54.8 Å². The van der Waals surface area contributed by atoms with Gasteiger partial charge in [-0.05, 0) is 48.6 Å². The van der Waals surface area contributed by atoms with Gasteiger partial charge in [0, 0.05) is 55.6 Å². The molecular weight excluding hydrogens is 505 g/mol. The zero-order chi connectivity index (χ0) is 26.4. The summed E-state index contributed by atoms with van der Waals surface area (Å²) in [5.74, 6) is 0.864. The molecule has 1 amide bonds. The molecule has 0 unspecified atom stereocenters. The van der Waals surface area contributed by atoms with Crippen LogP contribution in [0, 0.1) is 11.8 Å². The van der Waals surface area contributed by atoms with Crippen LogP contribution in [0.4, 0.5) is 15.9 Å². The number of aromatic nitrogens is 2. The number of halogens is 2. The summed E-state index contributed by atoms with van der Waals surface area (Å²) in [6.45, 7) is 7.64. The maximum atomic E-state index is 14.5. The van der Waals surface area contributed by atoms with Gasteiger partial charge in [-0.3, -0.25) is 14.7 Å². The van der Waals surface area contributed by atoms with E-state index in [0.29, 0.717) is 23.4 Å². The molecule has 2 saturated heterocycles. The monoisotopic (exact) mass is 537 g/mol. The fourth-order valence-corrected chi connectivity index (χ4v) is 6.57. The predicted octanol–water partition coefficient (Wildman–Crippen LogP) is 4.91. The second kappa shape index (κ2) is 10.1. The van der Waals surface area contributed by atoms with Crippen LogP contribution in [0.1, 0.15) is 31.9 Å². The van der Waals surface area contributed by atoms with Gasteiger partial charge in [-0.1, -0.05) is 31.0 Å². The molecule has 0 bridgehead atoms. The smallest absolute Gasteiger partial charge is 0.229 e. The van der Waals surface area contributed by atoms with Gasteiger partial charge in [0.15, 0.2) is 0 Å². The van der Waals surface area contributed by atoms with E-state index in [1.54, 1.807) is 12.4 Å². The molecule has 3 aliphatic rings. The van der Waals surface area contributed by atoms with Crippen molar-refractivity contribution in [2.24, 2.45) is 11.8 Å². The minimum absolute atomic E-state index is 0.0137. The van der Waals surface area contributed by atoms with Crippen molar-refractivity contribution in [3.05, 3.63) is 59.5 Å². The number of hydrogen-bond acceptors (Lipinski definition) is 6. The Hall–Kier alpha value is -2.81. The van der Waals surface area contributed by atoms with Crippen molar-refractivity contribution in [1.82, 2.24) is 14.9 Å². The van der Waals surface area contributed by atoms with Crippen molar-refractivity contribution >= 4 is 39.8 Å². The van der Waals surface area contributed by atoms with E-state index in [9.17, 15) is 9.18 Å². The summed E-state index contributed by atoms with van der Waals surface area (Å²) >= 11 is 6.69. The van der Waals surface area contributed by atoms with Crippen molar-refractivity contribution in [1.29, 1.82) is 0 Å². The van der Waals surface area contributed by atoms with Crippen molar-refractivity contribution in [2.75, 3.05) is 49.6 Å². The van der Waals surface area contributed by atoms with Gasteiger partial charge in [0.25, 0.3) is 0 Å². The van der Waals surface area contributed by atoms with E-state index in [1.807, 2.05) is 37.3 Å². The summed E-state index contributed by atoms with van der Waals surface area (Å²) in [6.07, 6.45) is 3.49. The van der Waals surface area contributed by atoms with Crippen LogP contribution < -0.4 is 10.2 Å². The molecule has 1 aliphatic carbocycles. The van der Waals surface area contributed by atoms with Crippen LogP contribution in [-0.2, 0) is 9.53 Å². The molecular formula is C29H33ClFN5O2. The van der Waals surface area contributed by atoms with E-state index in [4.69, 9.17) is 16.3 Å². The number of benzene rings is 1. The number of nitrogens with one attached hydrogen (secondary N) is 1. The Balaban J connectivity index is 1.16. The highest BCUT2D eigenvalue weighted by molar-refractivity contribution is 6.34. The highest BCUT2D eigenvalue weighted by Gasteiger charge is 2.55. The van der Waals surface area contributed by atoms with Gasteiger partial charge in [0.05, 0.1) is 35.4 Å². The largest absolute Gasteiger partial charge is 0.376 e. The number of nitrogens with zero attached hydrogens (tertiary/aromatic N) is 4. The minimum atomic E-state index is -0.970. The molecule has 3 fully saturated rings. The lowest BCUT2D eigenvalue weighted by Crippen LogP contribution is -2.59. The maximum absolute atomic E-state index is 14.5. The summed E-state index contributed by atoms with van der Waals surface area (Å²) in [7, 11) is 0. The molecule has 6 rings (SSSR count). The number of carbonyl (C=O) groups excluding carboxylic acids is 1. The first-order valence-corrected chi connectivity index (χ1v) is 13.8. The molecule has 4 heterocycles. The first-order valence-electron chi connectivity index (χ1n) is 13.4. The number of anilines is 2. The van der Waals surface area contributed by atoms with Crippen LogP contribution in [-0.4, -0.2) is 71.9 Å². The summed E-state index contributed by atoms with van der Waals surface area (Å²) in [5, 5.41) is 5.57. The lowest BCUT2D eigenvalue weighted by molar-refractivity contribution is -0.117.